The molecule has 0 aliphatic heterocycles. The lowest BCUT2D eigenvalue weighted by molar-refractivity contribution is 0.667. The molecule has 0 saturated heterocycles. The molecule has 0 radical (unpaired) electrons. The average molecular weight is 326 g/mol. The van der Waals surface area contributed by atoms with Gasteiger partial charge in [0.05, 0.1) is 0 Å². The summed E-state index contributed by atoms with van der Waals surface area (Å²) in [7, 11) is 0. The first-order chi connectivity index (χ1) is 11.3. The number of nitrogens with one attached hydrogen (secondary N) is 2. The fourth-order valence-electron chi connectivity index (χ4n) is 2.77. The van der Waals surface area contributed by atoms with Gasteiger partial charge in [-0.05, 0) is 36.6 Å². The van der Waals surface area contributed by atoms with Gasteiger partial charge in [-0.1, -0.05) is 12.1 Å². The van der Waals surface area contributed by atoms with E-state index in [1.165, 1.54) is 12.8 Å². The maximum atomic E-state index is 6.08. The normalized spacial score (nSPS) is 14.7. The van der Waals surface area contributed by atoms with Crippen molar-refractivity contribution in [2.75, 3.05) is 5.32 Å². The minimum absolute atomic E-state index is 0.171. The van der Waals surface area contributed by atoms with Gasteiger partial charge in [0.25, 0.3) is 0 Å². The van der Waals surface area contributed by atoms with Gasteiger partial charge < -0.3 is 9.73 Å². The number of rotatable bonds is 3. The summed E-state index contributed by atoms with van der Waals surface area (Å²) in [5.41, 5.74) is 3.17. The highest BCUT2D eigenvalue weighted by atomic mass is 35.5. The van der Waals surface area contributed by atoms with Crippen molar-refractivity contribution in [1.82, 2.24) is 20.2 Å². The summed E-state index contributed by atoms with van der Waals surface area (Å²) in [4.78, 5) is 8.56. The van der Waals surface area contributed by atoms with Gasteiger partial charge >= 0.3 is 0 Å². The van der Waals surface area contributed by atoms with Gasteiger partial charge in [-0.2, -0.15) is 10.1 Å². The third-order valence-electron chi connectivity index (χ3n) is 4.05. The first-order valence-electron chi connectivity index (χ1n) is 7.45. The number of aromatic amines is 1. The van der Waals surface area contributed by atoms with Crippen molar-refractivity contribution in [2.24, 2.45) is 0 Å². The van der Waals surface area contributed by atoms with E-state index in [9.17, 15) is 0 Å². The number of furan rings is 1. The molecule has 0 atom stereocenters. The minimum Gasteiger partial charge on any atom is -0.450 e. The van der Waals surface area contributed by atoms with Crippen LogP contribution in [0, 0.1) is 0 Å². The molecule has 5 rings (SSSR count). The molecule has 23 heavy (non-hydrogen) atoms. The summed E-state index contributed by atoms with van der Waals surface area (Å²) in [5, 5.41) is 11.6. The monoisotopic (exact) mass is 325 g/mol. The van der Waals surface area contributed by atoms with Crippen LogP contribution in [0.2, 0.25) is 5.28 Å². The number of benzene rings is 1. The highest BCUT2D eigenvalue weighted by Gasteiger charge is 2.25. The van der Waals surface area contributed by atoms with Crippen molar-refractivity contribution < 1.29 is 4.42 Å². The lowest BCUT2D eigenvalue weighted by atomic mass is 10.2. The number of para-hydroxylation sites is 1. The molecule has 7 heteroatoms. The Labute approximate surface area is 135 Å². The molecule has 1 saturated carbocycles. The van der Waals surface area contributed by atoms with Crippen LogP contribution in [-0.2, 0) is 0 Å². The van der Waals surface area contributed by atoms with Crippen LogP contribution in [-0.4, -0.2) is 20.2 Å². The molecular formula is C16H12ClN5O. The lowest BCUT2D eigenvalue weighted by Crippen LogP contribution is -1.96. The highest BCUT2D eigenvalue weighted by molar-refractivity contribution is 6.29. The molecule has 1 fully saturated rings. The van der Waals surface area contributed by atoms with E-state index in [0.717, 1.165) is 16.7 Å². The largest absolute Gasteiger partial charge is 0.450 e. The van der Waals surface area contributed by atoms with E-state index in [1.807, 2.05) is 30.3 Å². The molecule has 3 aromatic heterocycles. The molecule has 1 aromatic carbocycles. The molecular weight excluding hydrogens is 314 g/mol. The molecule has 2 N–H and O–H groups in total. The SMILES string of the molecule is Clc1nc(Nc2cc(C3CC3)[nH]n2)c2oc3ccccc3c2n1. The Morgan fingerprint density at radius 1 is 1.22 bits per heavy atom. The lowest BCUT2D eigenvalue weighted by Gasteiger charge is -2.02. The number of fused-ring (bicyclic) bond motifs is 3. The van der Waals surface area contributed by atoms with Crippen molar-refractivity contribution in [3.05, 3.63) is 41.3 Å². The van der Waals surface area contributed by atoms with Crippen molar-refractivity contribution in [3.8, 4) is 0 Å². The van der Waals surface area contributed by atoms with Crippen LogP contribution in [0.5, 0.6) is 0 Å². The fourth-order valence-corrected chi connectivity index (χ4v) is 2.94. The van der Waals surface area contributed by atoms with Gasteiger partial charge in [-0.3, -0.25) is 5.10 Å². The quantitative estimate of drug-likeness (QED) is 0.547. The maximum Gasteiger partial charge on any atom is 0.225 e. The van der Waals surface area contributed by atoms with Crippen molar-refractivity contribution in [1.29, 1.82) is 0 Å². The van der Waals surface area contributed by atoms with E-state index in [4.69, 9.17) is 16.0 Å². The summed E-state index contributed by atoms with van der Waals surface area (Å²) in [5.74, 6) is 1.83. The molecule has 0 spiro atoms. The van der Waals surface area contributed by atoms with Crippen LogP contribution < -0.4 is 5.32 Å². The zero-order valence-electron chi connectivity index (χ0n) is 12.0. The van der Waals surface area contributed by atoms with Gasteiger partial charge in [0.2, 0.25) is 5.28 Å². The van der Waals surface area contributed by atoms with Crippen LogP contribution in [0.3, 0.4) is 0 Å². The summed E-state index contributed by atoms with van der Waals surface area (Å²) < 4.78 is 5.89. The number of anilines is 2. The summed E-state index contributed by atoms with van der Waals surface area (Å²) in [6.07, 6.45) is 2.43. The van der Waals surface area contributed by atoms with E-state index in [2.05, 4.69) is 25.5 Å². The Bertz CT molecular complexity index is 1030. The molecule has 6 nitrogen and oxygen atoms in total. The minimum atomic E-state index is 0.171. The number of hydrogen-bond acceptors (Lipinski definition) is 5. The van der Waals surface area contributed by atoms with Gasteiger partial charge in [0, 0.05) is 23.1 Å². The summed E-state index contributed by atoms with van der Waals surface area (Å²) in [6.45, 7) is 0. The topological polar surface area (TPSA) is 79.6 Å². The molecule has 1 aliphatic carbocycles. The van der Waals surface area contributed by atoms with E-state index < -0.39 is 0 Å². The summed E-state index contributed by atoms with van der Waals surface area (Å²) >= 11 is 6.08. The second-order valence-electron chi connectivity index (χ2n) is 5.72. The van der Waals surface area contributed by atoms with Crippen molar-refractivity contribution in [3.63, 3.8) is 0 Å². The Kier molecular flexibility index (Phi) is 2.63. The molecule has 0 amide bonds. The van der Waals surface area contributed by atoms with E-state index in [1.54, 1.807) is 0 Å². The Balaban J connectivity index is 1.64. The third-order valence-corrected chi connectivity index (χ3v) is 4.22. The molecule has 0 bridgehead atoms. The second-order valence-corrected chi connectivity index (χ2v) is 6.06. The van der Waals surface area contributed by atoms with Crippen LogP contribution in [0.25, 0.3) is 22.1 Å². The van der Waals surface area contributed by atoms with E-state index in [-0.39, 0.29) is 5.28 Å². The smallest absolute Gasteiger partial charge is 0.225 e. The fraction of sp³-hybridized carbons (Fsp3) is 0.188. The molecule has 3 heterocycles. The van der Waals surface area contributed by atoms with Crippen LogP contribution in [0.15, 0.2) is 34.7 Å². The first kappa shape index (κ1) is 12.9. The van der Waals surface area contributed by atoms with Gasteiger partial charge in [-0.15, -0.1) is 0 Å². The van der Waals surface area contributed by atoms with E-state index >= 15 is 0 Å². The zero-order valence-corrected chi connectivity index (χ0v) is 12.8. The van der Waals surface area contributed by atoms with E-state index in [0.29, 0.717) is 28.7 Å². The molecule has 1 aliphatic rings. The molecule has 114 valence electrons. The van der Waals surface area contributed by atoms with Crippen LogP contribution >= 0.6 is 11.6 Å². The molecule has 0 unspecified atom stereocenters. The van der Waals surface area contributed by atoms with Crippen LogP contribution in [0.1, 0.15) is 24.5 Å². The van der Waals surface area contributed by atoms with Crippen molar-refractivity contribution >= 4 is 45.3 Å². The van der Waals surface area contributed by atoms with Crippen molar-refractivity contribution in [2.45, 2.75) is 18.8 Å². The third kappa shape index (κ3) is 2.14. The zero-order chi connectivity index (χ0) is 15.4. The van der Waals surface area contributed by atoms with Gasteiger partial charge in [0.1, 0.15) is 11.1 Å². The Hall–Kier alpha value is -2.60. The number of nitrogens with zero attached hydrogens (tertiary/aromatic N) is 3. The van der Waals surface area contributed by atoms with Crippen LogP contribution in [0.4, 0.5) is 11.6 Å². The first-order valence-corrected chi connectivity index (χ1v) is 7.83. The standard InChI is InChI=1S/C16H12ClN5O/c17-16-19-13-9-3-1-2-4-11(9)23-14(13)15(20-16)18-12-7-10(21-22-12)8-5-6-8/h1-4,7-8H,5-6H2,(H2,18,19,20,21,22). The Morgan fingerprint density at radius 3 is 2.96 bits per heavy atom. The maximum absolute atomic E-state index is 6.08. The number of halogens is 1. The number of H-pyrrole nitrogens is 1. The molecule has 4 aromatic rings. The predicted octanol–water partition coefficient (Wildman–Crippen LogP) is 4.37. The average Bonchev–Trinajstić information content (AvgIpc) is 3.19. The second kappa shape index (κ2) is 4.70. The number of hydrogen-bond donors (Lipinski definition) is 2. The Morgan fingerprint density at radius 2 is 2.09 bits per heavy atom. The highest BCUT2D eigenvalue weighted by Crippen LogP contribution is 2.40. The van der Waals surface area contributed by atoms with Gasteiger partial charge in [0.15, 0.2) is 17.2 Å². The summed E-state index contributed by atoms with van der Waals surface area (Å²) in [6, 6.07) is 9.71. The number of aromatic nitrogens is 4. The van der Waals surface area contributed by atoms with Gasteiger partial charge in [-0.25, -0.2) is 4.98 Å². The predicted molar refractivity (Wildman–Crippen MR) is 88.2 cm³/mol.